The molecule has 71 heavy (non-hydrogen) atoms. The van der Waals surface area contributed by atoms with Crippen LogP contribution in [0.25, 0.3) is 0 Å². The van der Waals surface area contributed by atoms with Gasteiger partial charge in [-0.05, 0) is 66.7 Å². The Balaban J connectivity index is 1.89. The molecule has 0 unspecified atom stereocenters. The van der Waals surface area contributed by atoms with Crippen LogP contribution in [0.5, 0.6) is 0 Å². The fourth-order valence-electron chi connectivity index (χ4n) is 5.27. The molecule has 0 radical (unpaired) electrons. The summed E-state index contributed by atoms with van der Waals surface area (Å²) in [5.74, 6) is -3.13. The van der Waals surface area contributed by atoms with Crippen molar-refractivity contribution in [1.29, 1.82) is 0 Å². The topological polar surface area (TPSA) is 514 Å². The average molecular weight is 1160 g/mol. The lowest BCUT2D eigenvalue weighted by Gasteiger charge is -2.13. The van der Waals surface area contributed by atoms with E-state index < -0.39 is 172 Å². The first-order valence-electron chi connectivity index (χ1n) is 18.2. The van der Waals surface area contributed by atoms with Gasteiger partial charge in [0.05, 0.1) is 68.8 Å². The molecule has 4 rings (SSSR count). The number of rotatable bonds is 24. The van der Waals surface area contributed by atoms with Crippen LogP contribution in [0.4, 0.5) is 45.5 Å². The quantitative estimate of drug-likeness (QED) is 0.0301. The molecule has 0 amide bonds. The molecular weight excluding hydrogens is 1120 g/mol. The third kappa shape index (κ3) is 17.1. The molecule has 0 aliphatic carbocycles. The Bertz CT molecular complexity index is 3740. The van der Waals surface area contributed by atoms with E-state index in [0.717, 1.165) is 54.6 Å². The number of hydrogen-bond donors (Lipinski definition) is 7. The van der Waals surface area contributed by atoms with E-state index in [1.807, 2.05) is 0 Å². The zero-order chi connectivity index (χ0) is 53.6. The van der Waals surface area contributed by atoms with Crippen LogP contribution in [0.2, 0.25) is 0 Å². The number of sulfone groups is 3. The Labute approximate surface area is 403 Å². The molecule has 0 bridgehead atoms. The Hall–Kier alpha value is -5.44. The summed E-state index contributed by atoms with van der Waals surface area (Å²) in [6.45, 7) is -3.16. The molecular formula is C31H34N8O24S8. The van der Waals surface area contributed by atoms with Gasteiger partial charge in [-0.25, -0.2) is 37.8 Å². The zero-order valence-corrected chi connectivity index (χ0v) is 41.6. The van der Waals surface area contributed by atoms with E-state index in [1.54, 1.807) is 0 Å². The Kier molecular flexibility index (Phi) is 18.1. The largest absolute Gasteiger partial charge is 0.397 e. The van der Waals surface area contributed by atoms with Gasteiger partial charge in [0.1, 0.15) is 38.2 Å². The van der Waals surface area contributed by atoms with E-state index in [2.05, 4.69) is 48.6 Å². The summed E-state index contributed by atoms with van der Waals surface area (Å²) in [5.41, 5.74) is 2.68. The smallest absolute Gasteiger partial charge is 0.395 e. The summed E-state index contributed by atoms with van der Waals surface area (Å²) in [6, 6.07) is 9.08. The second-order valence-electron chi connectivity index (χ2n) is 13.3. The van der Waals surface area contributed by atoms with Crippen molar-refractivity contribution in [2.75, 3.05) is 55.2 Å². The van der Waals surface area contributed by atoms with E-state index in [0.29, 0.717) is 12.1 Å². The molecule has 8 N–H and O–H groups in total. The Morgan fingerprint density at radius 1 is 0.451 bits per heavy atom. The monoisotopic (exact) mass is 1160 g/mol. The zero-order valence-electron chi connectivity index (χ0n) is 35.1. The van der Waals surface area contributed by atoms with Crippen LogP contribution in [-0.4, -0.2) is 134 Å². The van der Waals surface area contributed by atoms with Gasteiger partial charge < -0.3 is 11.1 Å². The van der Waals surface area contributed by atoms with Crippen molar-refractivity contribution in [3.05, 3.63) is 66.7 Å². The van der Waals surface area contributed by atoms with E-state index in [1.165, 1.54) is 7.05 Å². The van der Waals surface area contributed by atoms with Crippen molar-refractivity contribution in [2.24, 2.45) is 30.7 Å². The fourth-order valence-corrected chi connectivity index (χ4v) is 11.2. The van der Waals surface area contributed by atoms with Crippen molar-refractivity contribution < 1.29 is 103 Å². The predicted molar refractivity (Wildman–Crippen MR) is 241 cm³/mol. The van der Waals surface area contributed by atoms with Crippen LogP contribution >= 0.6 is 0 Å². The minimum atomic E-state index is -5.36. The van der Waals surface area contributed by atoms with Crippen LogP contribution in [-0.2, 0) is 93.5 Å². The van der Waals surface area contributed by atoms with Crippen LogP contribution < -0.4 is 11.1 Å². The normalized spacial score (nSPS) is 13.7. The maximum Gasteiger partial charge on any atom is 0.397 e. The van der Waals surface area contributed by atoms with Crippen molar-refractivity contribution in [1.82, 2.24) is 0 Å². The number of benzene rings is 4. The second kappa shape index (κ2) is 22.1. The summed E-state index contributed by atoms with van der Waals surface area (Å²) in [7, 11) is -37.9. The summed E-state index contributed by atoms with van der Waals surface area (Å²) in [6.07, 6.45) is 0. The first-order chi connectivity index (χ1) is 32.4. The Morgan fingerprint density at radius 2 is 0.803 bits per heavy atom. The van der Waals surface area contributed by atoms with Crippen LogP contribution in [0.3, 0.4) is 0 Å². The second-order valence-corrected chi connectivity index (χ2v) is 25.7. The van der Waals surface area contributed by atoms with Gasteiger partial charge >= 0.3 is 31.2 Å². The summed E-state index contributed by atoms with van der Waals surface area (Å²) < 4.78 is 250. The van der Waals surface area contributed by atoms with Crippen LogP contribution in [0, 0.1) is 0 Å². The molecule has 4 aromatic rings. The van der Waals surface area contributed by atoms with E-state index in [9.17, 15) is 76.4 Å². The van der Waals surface area contributed by atoms with Gasteiger partial charge in [0.2, 0.25) is 0 Å². The highest BCUT2D eigenvalue weighted by molar-refractivity contribution is 7.92. The standard InChI is InChI=1S/C31H34N8O24S8/c1-33-30-26(38-36-24-9-7-22(17-28(24)68(49,50)51)66(44,45)15-12-63-71(58,59)60)18-25(29(32)31(30)39-34-19-2-4-20(5-3-19)64(40,41)13-10-61-69(52,53)54)37-35-23-8-6-21(16-27(23)67(46,47)48)65(42,43)14-11-62-70(55,56)57/h2-9,16-18,33H,10-15,32H2,1H3,(H,46,47,48)(H,49,50,51)(H,52,53,54)(H,55,56,57)(H,58,59,60)/b37-35+,38-36+,39-34+. The third-order valence-corrected chi connectivity index (χ3v) is 16.6. The van der Waals surface area contributed by atoms with Gasteiger partial charge in [0.15, 0.2) is 29.5 Å². The van der Waals surface area contributed by atoms with Gasteiger partial charge in [-0.1, -0.05) is 0 Å². The van der Waals surface area contributed by atoms with E-state index >= 15 is 0 Å². The minimum Gasteiger partial charge on any atom is -0.395 e. The molecule has 32 nitrogen and oxygen atoms in total. The van der Waals surface area contributed by atoms with E-state index in [-0.39, 0.29) is 16.3 Å². The highest BCUT2D eigenvalue weighted by Gasteiger charge is 2.26. The van der Waals surface area contributed by atoms with Crippen molar-refractivity contribution >= 4 is 126 Å². The SMILES string of the molecule is CNc1c(/N=N/c2ccc(S(=O)(=O)CCOS(=O)(=O)O)cc2S(=O)(=O)O)cc(/N=N/c2ccc(S(=O)(=O)CCOS(=O)(=O)O)cc2S(=O)(=O)O)c(N)c1/N=N/c1ccc(S(=O)(=O)CCOS(=O)(=O)O)cc1. The summed E-state index contributed by atoms with van der Waals surface area (Å²) in [5, 5.41) is 26.1. The molecule has 0 aliphatic rings. The van der Waals surface area contributed by atoms with Gasteiger partial charge in [0, 0.05) is 7.05 Å². The van der Waals surface area contributed by atoms with Gasteiger partial charge in [-0.15, -0.1) is 25.6 Å². The lowest BCUT2D eigenvalue weighted by atomic mass is 10.1. The molecule has 0 spiro atoms. The molecule has 0 saturated heterocycles. The number of nitrogens with two attached hydrogens (primary N) is 1. The minimum absolute atomic E-state index is 0.0930. The van der Waals surface area contributed by atoms with Gasteiger partial charge in [0.25, 0.3) is 20.2 Å². The molecule has 40 heteroatoms. The molecule has 390 valence electrons. The molecule has 0 saturated carbocycles. The highest BCUT2D eigenvalue weighted by atomic mass is 32.3. The lowest BCUT2D eigenvalue weighted by Crippen LogP contribution is -2.16. The number of hydrogen-bond acceptors (Lipinski definition) is 27. The first kappa shape index (κ1) is 58.1. The number of nitrogen functional groups attached to an aromatic ring is 1. The molecule has 0 fully saturated rings. The van der Waals surface area contributed by atoms with Crippen molar-refractivity contribution in [2.45, 2.75) is 24.5 Å². The molecule has 0 aliphatic heterocycles. The highest BCUT2D eigenvalue weighted by Crippen LogP contribution is 2.47. The lowest BCUT2D eigenvalue weighted by molar-refractivity contribution is 0.282. The molecule has 0 heterocycles. The fraction of sp³-hybridized carbons (Fsp3) is 0.226. The molecule has 0 aromatic heterocycles. The third-order valence-electron chi connectivity index (χ3n) is 8.43. The molecule has 0 atom stereocenters. The van der Waals surface area contributed by atoms with Crippen LogP contribution in [0.1, 0.15) is 0 Å². The van der Waals surface area contributed by atoms with Crippen molar-refractivity contribution in [3.63, 3.8) is 0 Å². The van der Waals surface area contributed by atoms with Crippen LogP contribution in [0.15, 0.2) is 122 Å². The number of anilines is 2. The summed E-state index contributed by atoms with van der Waals surface area (Å²) >= 11 is 0. The summed E-state index contributed by atoms with van der Waals surface area (Å²) in [4.78, 5) is -4.35. The number of nitrogens with one attached hydrogen (secondary N) is 1. The first-order valence-corrected chi connectivity index (χ1v) is 30.1. The average Bonchev–Trinajstić information content (AvgIpc) is 3.22. The molecule has 4 aromatic carbocycles. The van der Waals surface area contributed by atoms with Crippen molar-refractivity contribution in [3.8, 4) is 0 Å². The Morgan fingerprint density at radius 3 is 1.17 bits per heavy atom. The van der Waals surface area contributed by atoms with Gasteiger partial charge in [-0.3, -0.25) is 22.8 Å². The maximum absolute atomic E-state index is 12.8. The number of azo groups is 3. The van der Waals surface area contributed by atoms with E-state index in [4.69, 9.17) is 19.4 Å². The number of nitrogens with zero attached hydrogens (tertiary/aromatic N) is 6. The van der Waals surface area contributed by atoms with Gasteiger partial charge in [-0.2, -0.15) is 47.2 Å². The maximum atomic E-state index is 12.8. The predicted octanol–water partition coefficient (Wildman–Crippen LogP) is 2.83.